The van der Waals surface area contributed by atoms with Gasteiger partial charge in [0.05, 0.1) is 11.9 Å². The van der Waals surface area contributed by atoms with Gasteiger partial charge in [-0.3, -0.25) is 0 Å². The summed E-state index contributed by atoms with van der Waals surface area (Å²) in [6, 6.07) is 8.44. The van der Waals surface area contributed by atoms with E-state index in [1.165, 1.54) is 35.3 Å². The number of fused-ring (bicyclic) bond motifs is 1. The van der Waals surface area contributed by atoms with Crippen LogP contribution >= 0.6 is 0 Å². The van der Waals surface area contributed by atoms with Gasteiger partial charge in [0, 0.05) is 26.3 Å². The minimum atomic E-state index is -4.43. The van der Waals surface area contributed by atoms with E-state index in [1.807, 2.05) is 0 Å². The van der Waals surface area contributed by atoms with Crippen LogP contribution in [0.4, 0.5) is 17.6 Å². The molecule has 1 aromatic heterocycles. The van der Waals surface area contributed by atoms with Crippen LogP contribution in [-0.4, -0.2) is 55.7 Å². The van der Waals surface area contributed by atoms with Crippen molar-refractivity contribution in [3.05, 3.63) is 77.0 Å². The number of ether oxygens (including phenoxy) is 1. The molecule has 2 aliphatic rings. The predicted octanol–water partition coefficient (Wildman–Crippen LogP) is 4.14. The smallest absolute Gasteiger partial charge is 0.416 e. The monoisotopic (exact) mass is 566 g/mol. The zero-order valence-electron chi connectivity index (χ0n) is 21.4. The van der Waals surface area contributed by atoms with Crippen LogP contribution in [0.1, 0.15) is 34.6 Å². The zero-order chi connectivity index (χ0) is 27.8. The van der Waals surface area contributed by atoms with Gasteiger partial charge >= 0.3 is 6.18 Å². The first kappa shape index (κ1) is 27.6. The van der Waals surface area contributed by atoms with Crippen LogP contribution < -0.4 is 9.46 Å². The van der Waals surface area contributed by atoms with Crippen molar-refractivity contribution in [2.75, 3.05) is 32.8 Å². The second-order valence-electron chi connectivity index (χ2n) is 10.2. The number of nitrogens with one attached hydrogen (secondary N) is 1. The topological polar surface area (TPSA) is 76.5 Å². The molecule has 1 aliphatic heterocycles. The number of likely N-dealkylation sites (tertiary alicyclic amines) is 1. The van der Waals surface area contributed by atoms with Gasteiger partial charge in [0.2, 0.25) is 0 Å². The Morgan fingerprint density at radius 1 is 1.18 bits per heavy atom. The maximum atomic E-state index is 15.0. The predicted molar refractivity (Wildman–Crippen MR) is 136 cm³/mol. The number of hydrogen-bond acceptors (Lipinski definition) is 5. The standard InChI is InChI=1S/C27H30F4N4O3S/c1-34-16-26(32-17-34)39(36,37)33-6-9-38-25-14-23-19(13-24(25)28)12-20(15-35-7-3-8-35)22(23)11-18-4-2-5-21(10-18)27(29,30)31/h2,4-5,10,13-14,16-17,20,22,33H,3,6-9,11-12,15H2,1H3. The van der Waals surface area contributed by atoms with E-state index in [9.17, 15) is 26.0 Å². The first-order valence-corrected chi connectivity index (χ1v) is 14.3. The number of aryl methyl sites for hydroxylation is 1. The number of alkyl halides is 3. The molecule has 2 aromatic carbocycles. The van der Waals surface area contributed by atoms with E-state index < -0.39 is 27.6 Å². The van der Waals surface area contributed by atoms with Gasteiger partial charge in [-0.05, 0) is 79.1 Å². The molecular formula is C27H30F4N4O3S. The number of halogens is 4. The van der Waals surface area contributed by atoms with Gasteiger partial charge in [-0.1, -0.05) is 18.2 Å². The van der Waals surface area contributed by atoms with Crippen LogP contribution in [-0.2, 0) is 36.1 Å². The van der Waals surface area contributed by atoms with E-state index in [-0.39, 0.29) is 35.8 Å². The third kappa shape index (κ3) is 6.28. The summed E-state index contributed by atoms with van der Waals surface area (Å²) in [6.45, 7) is 2.56. The molecule has 39 heavy (non-hydrogen) atoms. The molecule has 2 heterocycles. The summed E-state index contributed by atoms with van der Waals surface area (Å²) in [5.41, 5.74) is 1.59. The fraction of sp³-hybridized carbons (Fsp3) is 0.444. The van der Waals surface area contributed by atoms with Crippen LogP contribution in [0.5, 0.6) is 5.75 Å². The highest BCUT2D eigenvalue weighted by Gasteiger charge is 2.36. The van der Waals surface area contributed by atoms with Crippen molar-refractivity contribution in [1.82, 2.24) is 19.2 Å². The molecule has 0 amide bonds. The molecule has 0 bridgehead atoms. The lowest BCUT2D eigenvalue weighted by Gasteiger charge is -2.35. The number of nitrogens with zero attached hydrogens (tertiary/aromatic N) is 3. The summed E-state index contributed by atoms with van der Waals surface area (Å²) < 4.78 is 89.1. The Labute approximate surface area is 224 Å². The van der Waals surface area contributed by atoms with E-state index in [4.69, 9.17) is 4.74 Å². The number of hydrogen-bond donors (Lipinski definition) is 1. The molecule has 0 radical (unpaired) electrons. The SMILES string of the molecule is Cn1cnc(S(=O)(=O)NCCOc2cc3c(cc2F)CC(CN2CCC2)C3Cc2cccc(C(F)(F)F)c2)c1. The van der Waals surface area contributed by atoms with Gasteiger partial charge in [-0.15, -0.1) is 0 Å². The first-order valence-electron chi connectivity index (χ1n) is 12.8. The first-order chi connectivity index (χ1) is 18.5. The molecule has 12 heteroatoms. The largest absolute Gasteiger partial charge is 0.489 e. The summed E-state index contributed by atoms with van der Waals surface area (Å²) in [5, 5.41) is -0.126. The molecule has 3 aromatic rings. The number of sulfonamides is 1. The average molecular weight is 567 g/mol. The minimum absolute atomic E-state index is 0.00979. The van der Waals surface area contributed by atoms with Crippen molar-refractivity contribution in [3.8, 4) is 5.75 Å². The number of benzene rings is 2. The van der Waals surface area contributed by atoms with Crippen LogP contribution in [0.25, 0.3) is 0 Å². The van der Waals surface area contributed by atoms with Crippen molar-refractivity contribution in [1.29, 1.82) is 0 Å². The third-order valence-electron chi connectivity index (χ3n) is 7.40. The van der Waals surface area contributed by atoms with Crippen molar-refractivity contribution in [3.63, 3.8) is 0 Å². The summed E-state index contributed by atoms with van der Waals surface area (Å²) in [6.07, 6.45) is 0.457. The molecule has 2 unspecified atom stereocenters. The lowest BCUT2D eigenvalue weighted by Crippen LogP contribution is -2.41. The lowest BCUT2D eigenvalue weighted by molar-refractivity contribution is -0.137. The Hall–Kier alpha value is -2.96. The summed E-state index contributed by atoms with van der Waals surface area (Å²) in [4.78, 5) is 6.14. The zero-order valence-corrected chi connectivity index (χ0v) is 22.2. The molecule has 1 fully saturated rings. The highest BCUT2D eigenvalue weighted by molar-refractivity contribution is 7.89. The van der Waals surface area contributed by atoms with Gasteiger partial charge in [-0.25, -0.2) is 22.5 Å². The van der Waals surface area contributed by atoms with Crippen molar-refractivity contribution in [2.45, 2.75) is 36.4 Å². The Morgan fingerprint density at radius 3 is 2.64 bits per heavy atom. The summed E-state index contributed by atoms with van der Waals surface area (Å²) in [5.74, 6) is -0.530. The van der Waals surface area contributed by atoms with Gasteiger partial charge in [0.15, 0.2) is 16.6 Å². The number of imidazole rings is 1. The third-order valence-corrected chi connectivity index (χ3v) is 8.75. The Balaban J connectivity index is 1.32. The normalized spacial score (nSPS) is 19.6. The molecule has 1 saturated heterocycles. The van der Waals surface area contributed by atoms with Gasteiger partial charge < -0.3 is 14.2 Å². The van der Waals surface area contributed by atoms with E-state index >= 15 is 0 Å². The van der Waals surface area contributed by atoms with E-state index in [0.29, 0.717) is 18.4 Å². The van der Waals surface area contributed by atoms with Crippen LogP contribution in [0.3, 0.4) is 0 Å². The molecular weight excluding hydrogens is 536 g/mol. The average Bonchev–Trinajstić information content (AvgIpc) is 3.43. The Kier molecular flexibility index (Phi) is 7.71. The van der Waals surface area contributed by atoms with Crippen LogP contribution in [0.2, 0.25) is 0 Å². The number of aromatic nitrogens is 2. The lowest BCUT2D eigenvalue weighted by atomic mass is 9.85. The highest BCUT2D eigenvalue weighted by Crippen LogP contribution is 2.44. The van der Waals surface area contributed by atoms with E-state index in [1.54, 1.807) is 19.2 Å². The maximum absolute atomic E-state index is 15.0. The second-order valence-corrected chi connectivity index (χ2v) is 11.9. The molecule has 2 atom stereocenters. The van der Waals surface area contributed by atoms with Crippen molar-refractivity contribution in [2.24, 2.45) is 13.0 Å². The molecule has 7 nitrogen and oxygen atoms in total. The maximum Gasteiger partial charge on any atom is 0.416 e. The van der Waals surface area contributed by atoms with Gasteiger partial charge in [-0.2, -0.15) is 13.2 Å². The number of rotatable bonds is 10. The van der Waals surface area contributed by atoms with E-state index in [0.717, 1.165) is 43.2 Å². The minimum Gasteiger partial charge on any atom is -0.489 e. The fourth-order valence-electron chi connectivity index (χ4n) is 5.35. The molecule has 1 aliphatic carbocycles. The quantitative estimate of drug-likeness (QED) is 0.295. The summed E-state index contributed by atoms with van der Waals surface area (Å²) in [7, 11) is -2.17. The second kappa shape index (κ2) is 10.9. The molecule has 0 spiro atoms. The Morgan fingerprint density at radius 2 is 1.97 bits per heavy atom. The van der Waals surface area contributed by atoms with Crippen molar-refractivity contribution >= 4 is 10.0 Å². The van der Waals surface area contributed by atoms with Gasteiger partial charge in [0.25, 0.3) is 10.0 Å². The van der Waals surface area contributed by atoms with Crippen LogP contribution in [0, 0.1) is 11.7 Å². The molecule has 0 saturated carbocycles. The molecule has 1 N–H and O–H groups in total. The Bertz CT molecular complexity index is 1440. The summed E-state index contributed by atoms with van der Waals surface area (Å²) >= 11 is 0. The molecule has 210 valence electrons. The van der Waals surface area contributed by atoms with Crippen LogP contribution in [0.15, 0.2) is 53.9 Å². The van der Waals surface area contributed by atoms with Crippen molar-refractivity contribution < 1.29 is 30.7 Å². The fourth-order valence-corrected chi connectivity index (χ4v) is 6.34. The molecule has 5 rings (SSSR count). The highest BCUT2D eigenvalue weighted by atomic mass is 32.2. The van der Waals surface area contributed by atoms with E-state index in [2.05, 4.69) is 14.6 Å². The van der Waals surface area contributed by atoms with Gasteiger partial charge in [0.1, 0.15) is 6.61 Å².